The number of rotatable bonds is 3. The zero-order valence-corrected chi connectivity index (χ0v) is 8.23. The molecule has 0 radical (unpaired) electrons. The largest absolute Gasteiger partial charge is 0.242 e. The van der Waals surface area contributed by atoms with Gasteiger partial charge in [0.1, 0.15) is 0 Å². The van der Waals surface area contributed by atoms with Crippen LogP contribution in [0.3, 0.4) is 0 Å². The van der Waals surface area contributed by atoms with E-state index in [2.05, 4.69) is 0 Å². The zero-order valence-electron chi connectivity index (χ0n) is 7.42. The first-order valence-corrected chi connectivity index (χ1v) is 4.77. The molecule has 2 nitrogen and oxygen atoms in total. The summed E-state index contributed by atoms with van der Waals surface area (Å²) in [6.45, 7) is 8.02. The van der Waals surface area contributed by atoms with Gasteiger partial charge in [0.05, 0.1) is 11.0 Å². The van der Waals surface area contributed by atoms with E-state index in [1.165, 1.54) is 0 Å². The smallest absolute Gasteiger partial charge is 0.0968 e. The third-order valence-electron chi connectivity index (χ3n) is 1.41. The Morgan fingerprint density at radius 2 is 1.60 bits per heavy atom. The van der Waals surface area contributed by atoms with Crippen LogP contribution in [0.4, 0.5) is 0 Å². The molecular weight excluding hydrogens is 146 g/mol. The maximum absolute atomic E-state index is 11.3. The summed E-state index contributed by atoms with van der Waals surface area (Å²) in [5, 5.41) is 0.229. The molecule has 0 aromatic heterocycles. The molecule has 0 aliphatic carbocycles. The van der Waals surface area contributed by atoms with E-state index in [-0.39, 0.29) is 5.25 Å². The maximum Gasteiger partial charge on any atom is 0.0968 e. The molecule has 0 rings (SSSR count). The van der Waals surface area contributed by atoms with Gasteiger partial charge in [0.25, 0.3) is 0 Å². The van der Waals surface area contributed by atoms with Crippen LogP contribution in [0, 0.1) is 0 Å². The van der Waals surface area contributed by atoms with Gasteiger partial charge in [0.15, 0.2) is 0 Å². The fourth-order valence-corrected chi connectivity index (χ4v) is 1.62. The lowest BCUT2D eigenvalue weighted by Gasteiger charge is -2.21. The molecule has 0 saturated carbocycles. The molecule has 0 amide bonds. The van der Waals surface area contributed by atoms with Gasteiger partial charge in [0.2, 0.25) is 0 Å². The van der Waals surface area contributed by atoms with Gasteiger partial charge in [-0.15, -0.1) is 0 Å². The van der Waals surface area contributed by atoms with Crippen molar-refractivity contribution < 1.29 is 4.21 Å². The molecule has 0 spiro atoms. The van der Waals surface area contributed by atoms with Gasteiger partial charge >= 0.3 is 0 Å². The van der Waals surface area contributed by atoms with E-state index in [1.54, 1.807) is 0 Å². The molecule has 1 atom stereocenters. The van der Waals surface area contributed by atoms with Crippen LogP contribution in [0.25, 0.3) is 0 Å². The third kappa shape index (κ3) is 2.80. The van der Waals surface area contributed by atoms with Gasteiger partial charge in [-0.1, -0.05) is 0 Å². The van der Waals surface area contributed by atoms with Crippen molar-refractivity contribution >= 4 is 11.0 Å². The van der Waals surface area contributed by atoms with Gasteiger partial charge < -0.3 is 0 Å². The lowest BCUT2D eigenvalue weighted by Crippen LogP contribution is -2.32. The monoisotopic (exact) mass is 163 g/mol. The Bertz CT molecular complexity index is 123. The fourth-order valence-electron chi connectivity index (χ4n) is 0.540. The molecule has 0 aromatic carbocycles. The van der Waals surface area contributed by atoms with E-state index < -0.39 is 11.0 Å². The lowest BCUT2D eigenvalue weighted by molar-refractivity contribution is 0.440. The summed E-state index contributed by atoms with van der Waals surface area (Å²) in [6, 6.07) is 0.364. The molecule has 3 heteroatoms. The summed E-state index contributed by atoms with van der Waals surface area (Å²) in [6.07, 6.45) is 0. The van der Waals surface area contributed by atoms with Crippen molar-refractivity contribution in [3.8, 4) is 0 Å². The molecule has 0 heterocycles. The second kappa shape index (κ2) is 4.09. The number of nitrogens with zero attached hydrogens (tertiary/aromatic N) is 1. The van der Waals surface area contributed by atoms with Crippen molar-refractivity contribution in [1.29, 1.82) is 0 Å². The van der Waals surface area contributed by atoms with E-state index in [9.17, 15) is 4.21 Å². The van der Waals surface area contributed by atoms with Crippen LogP contribution in [-0.2, 0) is 11.0 Å². The summed E-state index contributed by atoms with van der Waals surface area (Å²) in [4.78, 5) is 0. The Kier molecular flexibility index (Phi) is 4.13. The average Bonchev–Trinajstić information content (AvgIpc) is 1.84. The predicted molar refractivity (Wildman–Crippen MR) is 46.2 cm³/mol. The molecule has 62 valence electrons. The zero-order chi connectivity index (χ0) is 8.31. The lowest BCUT2D eigenvalue weighted by atomic mass is 10.4. The first-order valence-electron chi connectivity index (χ1n) is 3.60. The first kappa shape index (κ1) is 10.1. The van der Waals surface area contributed by atoms with Crippen molar-refractivity contribution in [3.63, 3.8) is 0 Å². The average molecular weight is 163 g/mol. The van der Waals surface area contributed by atoms with Gasteiger partial charge in [-0.2, -0.15) is 0 Å². The number of hydrogen-bond acceptors (Lipinski definition) is 1. The summed E-state index contributed by atoms with van der Waals surface area (Å²) in [5.41, 5.74) is 0. The van der Waals surface area contributed by atoms with Gasteiger partial charge in [-0.05, 0) is 27.7 Å². The van der Waals surface area contributed by atoms with Crippen LogP contribution in [-0.4, -0.2) is 26.9 Å². The van der Waals surface area contributed by atoms with Gasteiger partial charge in [-0.3, -0.25) is 0 Å². The van der Waals surface area contributed by atoms with Crippen molar-refractivity contribution in [2.45, 2.75) is 39.0 Å². The standard InChI is InChI=1S/C7H17NOS/c1-6(2)8(5)10(9)7(3)4/h6-7H,1-5H3. The highest BCUT2D eigenvalue weighted by molar-refractivity contribution is 7.83. The van der Waals surface area contributed by atoms with E-state index >= 15 is 0 Å². The Hall–Kier alpha value is 0.110. The molecule has 0 bridgehead atoms. The molecule has 0 aliphatic heterocycles. The molecule has 1 unspecified atom stereocenters. The molecule has 0 fully saturated rings. The van der Waals surface area contributed by atoms with E-state index in [0.717, 1.165) is 0 Å². The Morgan fingerprint density at radius 1 is 1.20 bits per heavy atom. The summed E-state index contributed by atoms with van der Waals surface area (Å²) in [7, 11) is 1.08. The molecular formula is C7H17NOS. The van der Waals surface area contributed by atoms with Crippen molar-refractivity contribution in [1.82, 2.24) is 4.31 Å². The Morgan fingerprint density at radius 3 is 1.70 bits per heavy atom. The van der Waals surface area contributed by atoms with Crippen molar-refractivity contribution in [2.75, 3.05) is 7.05 Å². The summed E-state index contributed by atoms with van der Waals surface area (Å²) >= 11 is 0. The normalized spacial score (nSPS) is 15.2. The highest BCUT2D eigenvalue weighted by Crippen LogP contribution is 2.03. The Balaban J connectivity index is 3.95. The van der Waals surface area contributed by atoms with Crippen LogP contribution in [0.1, 0.15) is 27.7 Å². The van der Waals surface area contributed by atoms with Gasteiger partial charge in [-0.25, -0.2) is 8.51 Å². The second-order valence-corrected chi connectivity index (χ2v) is 5.04. The van der Waals surface area contributed by atoms with E-state index in [4.69, 9.17) is 0 Å². The minimum atomic E-state index is -0.813. The highest BCUT2D eigenvalue weighted by atomic mass is 32.2. The first-order chi connectivity index (χ1) is 4.46. The SMILES string of the molecule is CC(C)N(C)S(=O)C(C)C. The van der Waals surface area contributed by atoms with Crippen molar-refractivity contribution in [2.24, 2.45) is 0 Å². The van der Waals surface area contributed by atoms with Gasteiger partial charge in [0, 0.05) is 18.3 Å². The van der Waals surface area contributed by atoms with Crippen LogP contribution in [0.5, 0.6) is 0 Å². The minimum Gasteiger partial charge on any atom is -0.242 e. The fraction of sp³-hybridized carbons (Fsp3) is 1.00. The minimum absolute atomic E-state index is 0.229. The topological polar surface area (TPSA) is 20.3 Å². The quantitative estimate of drug-likeness (QED) is 0.616. The Labute approximate surface area is 66.2 Å². The maximum atomic E-state index is 11.3. The van der Waals surface area contributed by atoms with E-state index in [1.807, 2.05) is 39.0 Å². The van der Waals surface area contributed by atoms with Crippen LogP contribution >= 0.6 is 0 Å². The molecule has 0 aromatic rings. The second-order valence-electron chi connectivity index (χ2n) is 2.96. The van der Waals surface area contributed by atoms with Crippen molar-refractivity contribution in [3.05, 3.63) is 0 Å². The summed E-state index contributed by atoms with van der Waals surface area (Å²) in [5.74, 6) is 0. The molecule has 0 N–H and O–H groups in total. The van der Waals surface area contributed by atoms with Crippen LogP contribution < -0.4 is 0 Å². The molecule has 0 saturated heterocycles. The number of hydrogen-bond donors (Lipinski definition) is 0. The molecule has 0 aliphatic rings. The third-order valence-corrected chi connectivity index (χ3v) is 3.21. The van der Waals surface area contributed by atoms with Crippen LogP contribution in [0.15, 0.2) is 0 Å². The predicted octanol–water partition coefficient (Wildman–Crippen LogP) is 1.40. The highest BCUT2D eigenvalue weighted by Gasteiger charge is 2.13. The van der Waals surface area contributed by atoms with Crippen LogP contribution in [0.2, 0.25) is 0 Å². The summed E-state index contributed by atoms with van der Waals surface area (Å²) < 4.78 is 13.2. The van der Waals surface area contributed by atoms with E-state index in [0.29, 0.717) is 6.04 Å². The molecule has 10 heavy (non-hydrogen) atoms.